The number of thiophene rings is 1. The minimum absolute atomic E-state index is 0.323. The number of hydrogen-bond donors (Lipinski definition) is 0. The topological polar surface area (TPSA) is 0 Å². The van der Waals surface area contributed by atoms with E-state index in [4.69, 9.17) is 0 Å². The van der Waals surface area contributed by atoms with Gasteiger partial charge in [0.15, 0.2) is 0 Å². The van der Waals surface area contributed by atoms with Gasteiger partial charge in [-0.25, -0.2) is 0 Å². The Bertz CT molecular complexity index is 451. The predicted molar refractivity (Wildman–Crippen MR) is 79.0 cm³/mol. The van der Waals surface area contributed by atoms with Crippen LogP contribution in [0.5, 0.6) is 0 Å². The van der Waals surface area contributed by atoms with Crippen LogP contribution < -0.4 is 0 Å². The van der Waals surface area contributed by atoms with Crippen molar-refractivity contribution in [3.8, 4) is 0 Å². The van der Waals surface area contributed by atoms with Gasteiger partial charge in [-0.3, -0.25) is 0 Å². The van der Waals surface area contributed by atoms with Crippen LogP contribution in [-0.2, 0) is 0 Å². The van der Waals surface area contributed by atoms with E-state index in [0.29, 0.717) is 4.83 Å². The van der Waals surface area contributed by atoms with Crippen LogP contribution in [0.1, 0.15) is 20.8 Å². The Labute approximate surface area is 116 Å². The van der Waals surface area contributed by atoms with Gasteiger partial charge in [0.2, 0.25) is 0 Å². The van der Waals surface area contributed by atoms with E-state index < -0.39 is 0 Å². The number of alkyl halides is 1. The van der Waals surface area contributed by atoms with Crippen molar-refractivity contribution in [2.24, 2.45) is 0 Å². The molecule has 0 nitrogen and oxygen atoms in total. The number of rotatable bonds is 2. The first kappa shape index (κ1) is 11.6. The lowest BCUT2D eigenvalue weighted by molar-refractivity contribution is 1.18. The normalized spacial score (nSPS) is 12.7. The van der Waals surface area contributed by atoms with E-state index in [1.54, 1.807) is 11.3 Å². The molecular weight excluding hydrogens is 383 g/mol. The third-order valence-electron chi connectivity index (χ3n) is 2.29. The van der Waals surface area contributed by atoms with Crippen LogP contribution in [-0.4, -0.2) is 0 Å². The molecule has 0 aliphatic heterocycles. The van der Waals surface area contributed by atoms with E-state index in [9.17, 15) is 0 Å². The highest BCUT2D eigenvalue weighted by Gasteiger charge is 2.14. The second kappa shape index (κ2) is 4.97. The zero-order valence-electron chi connectivity index (χ0n) is 8.21. The Hall–Kier alpha value is 0.130. The summed E-state index contributed by atoms with van der Waals surface area (Å²) >= 11 is 7.97. The van der Waals surface area contributed by atoms with Gasteiger partial charge in [0.1, 0.15) is 0 Å². The van der Waals surface area contributed by atoms with Crippen LogP contribution in [0.15, 0.2) is 35.7 Å². The van der Waals surface area contributed by atoms with Crippen molar-refractivity contribution in [2.75, 3.05) is 0 Å². The lowest BCUT2D eigenvalue weighted by Gasteiger charge is -2.12. The van der Waals surface area contributed by atoms with E-state index in [0.717, 1.165) is 0 Å². The summed E-state index contributed by atoms with van der Waals surface area (Å²) in [6.45, 7) is 2.15. The lowest BCUT2D eigenvalue weighted by Crippen LogP contribution is -1.95. The minimum atomic E-state index is 0.323. The van der Waals surface area contributed by atoms with Gasteiger partial charge in [-0.2, -0.15) is 0 Å². The predicted octanol–water partition coefficient (Wildman–Crippen LogP) is 5.15. The zero-order valence-corrected chi connectivity index (χ0v) is 12.8. The largest absolute Gasteiger partial charge is 0.147 e. The van der Waals surface area contributed by atoms with Gasteiger partial charge < -0.3 is 0 Å². The minimum Gasteiger partial charge on any atom is -0.147 e. The second-order valence-electron chi connectivity index (χ2n) is 3.36. The van der Waals surface area contributed by atoms with Gasteiger partial charge >= 0.3 is 0 Å². The van der Waals surface area contributed by atoms with E-state index >= 15 is 0 Å². The number of halogens is 2. The fourth-order valence-corrected chi connectivity index (χ4v) is 4.13. The maximum Gasteiger partial charge on any atom is 0.0748 e. The number of hydrogen-bond acceptors (Lipinski definition) is 1. The monoisotopic (exact) mass is 392 g/mol. The Morgan fingerprint density at radius 1 is 1.27 bits per heavy atom. The second-order valence-corrected chi connectivity index (χ2v) is 6.33. The number of benzene rings is 1. The van der Waals surface area contributed by atoms with Gasteiger partial charge in [-0.05, 0) is 52.1 Å². The van der Waals surface area contributed by atoms with Gasteiger partial charge in [0.25, 0.3) is 0 Å². The van der Waals surface area contributed by atoms with Gasteiger partial charge in [-0.1, -0.05) is 40.2 Å². The molecule has 1 aromatic heterocycles. The molecule has 0 fully saturated rings. The molecule has 0 radical (unpaired) electrons. The van der Waals surface area contributed by atoms with Crippen molar-refractivity contribution in [1.29, 1.82) is 0 Å². The van der Waals surface area contributed by atoms with E-state index in [1.165, 1.54) is 19.6 Å². The Kier molecular flexibility index (Phi) is 3.85. The molecule has 1 aromatic carbocycles. The summed E-state index contributed by atoms with van der Waals surface area (Å²) in [5, 5.41) is 2.12. The van der Waals surface area contributed by atoms with E-state index in [-0.39, 0.29) is 0 Å². The van der Waals surface area contributed by atoms with Crippen LogP contribution in [0, 0.1) is 10.5 Å². The number of aryl methyl sites for hydroxylation is 1. The molecule has 2 rings (SSSR count). The first-order valence-electron chi connectivity index (χ1n) is 4.62. The Morgan fingerprint density at radius 2 is 2.07 bits per heavy atom. The fourth-order valence-electron chi connectivity index (χ4n) is 1.45. The van der Waals surface area contributed by atoms with Crippen molar-refractivity contribution < 1.29 is 0 Å². The fraction of sp³-hybridized carbons (Fsp3) is 0.167. The average Bonchev–Trinajstić information content (AvgIpc) is 2.74. The van der Waals surface area contributed by atoms with Gasteiger partial charge in [0.05, 0.1) is 4.83 Å². The molecule has 0 aliphatic carbocycles. The standard InChI is InChI=1S/C12H10BrIS/c1-8-4-2-5-9(12(8)14)11(13)10-6-3-7-15-10/h2-7,11H,1H3. The molecule has 15 heavy (non-hydrogen) atoms. The highest BCUT2D eigenvalue weighted by molar-refractivity contribution is 14.1. The summed E-state index contributed by atoms with van der Waals surface area (Å²) in [6, 6.07) is 10.7. The summed E-state index contributed by atoms with van der Waals surface area (Å²) in [4.78, 5) is 1.68. The quantitative estimate of drug-likeness (QED) is 0.490. The van der Waals surface area contributed by atoms with Crippen molar-refractivity contribution in [1.82, 2.24) is 0 Å². The zero-order chi connectivity index (χ0) is 10.8. The molecule has 1 heterocycles. The molecule has 0 saturated carbocycles. The molecule has 0 spiro atoms. The first-order valence-corrected chi connectivity index (χ1v) is 7.50. The van der Waals surface area contributed by atoms with Crippen molar-refractivity contribution in [3.05, 3.63) is 55.3 Å². The summed E-state index contributed by atoms with van der Waals surface area (Å²) in [5.41, 5.74) is 2.70. The molecule has 0 saturated heterocycles. The summed E-state index contributed by atoms with van der Waals surface area (Å²) in [5.74, 6) is 0. The molecule has 0 aliphatic rings. The summed E-state index contributed by atoms with van der Waals surface area (Å²) in [7, 11) is 0. The maximum atomic E-state index is 3.76. The molecule has 78 valence electrons. The van der Waals surface area contributed by atoms with Crippen molar-refractivity contribution >= 4 is 49.9 Å². The maximum absolute atomic E-state index is 3.76. The average molecular weight is 393 g/mol. The third kappa shape index (κ3) is 2.45. The molecule has 1 atom stereocenters. The van der Waals surface area contributed by atoms with Crippen LogP contribution in [0.2, 0.25) is 0 Å². The molecule has 2 aromatic rings. The lowest BCUT2D eigenvalue weighted by atomic mass is 10.1. The Morgan fingerprint density at radius 3 is 2.73 bits per heavy atom. The summed E-state index contributed by atoms with van der Waals surface area (Å²) < 4.78 is 1.35. The Balaban J connectivity index is 2.42. The highest BCUT2D eigenvalue weighted by atomic mass is 127. The molecule has 1 unspecified atom stereocenters. The van der Waals surface area contributed by atoms with Crippen LogP contribution >= 0.6 is 49.9 Å². The molecule has 3 heteroatoms. The van der Waals surface area contributed by atoms with E-state index in [2.05, 4.69) is 81.2 Å². The molecule has 0 bridgehead atoms. The molecule has 0 amide bonds. The molecular formula is C12H10BrIS. The first-order chi connectivity index (χ1) is 7.20. The SMILES string of the molecule is Cc1cccc(C(Br)c2cccs2)c1I. The highest BCUT2D eigenvalue weighted by Crippen LogP contribution is 2.36. The summed E-state index contributed by atoms with van der Waals surface area (Å²) in [6.07, 6.45) is 0. The third-order valence-corrected chi connectivity index (χ3v) is 5.99. The van der Waals surface area contributed by atoms with E-state index in [1.807, 2.05) is 0 Å². The van der Waals surface area contributed by atoms with Crippen LogP contribution in [0.25, 0.3) is 0 Å². The smallest absolute Gasteiger partial charge is 0.0748 e. The molecule has 0 N–H and O–H groups in total. The van der Waals surface area contributed by atoms with Gasteiger partial charge in [0, 0.05) is 8.45 Å². The van der Waals surface area contributed by atoms with Crippen LogP contribution in [0.3, 0.4) is 0 Å². The van der Waals surface area contributed by atoms with Crippen molar-refractivity contribution in [2.45, 2.75) is 11.8 Å². The van der Waals surface area contributed by atoms with Crippen molar-refractivity contribution in [3.63, 3.8) is 0 Å². The van der Waals surface area contributed by atoms with Crippen LogP contribution in [0.4, 0.5) is 0 Å². The van der Waals surface area contributed by atoms with Gasteiger partial charge in [-0.15, -0.1) is 11.3 Å².